The fraction of sp³-hybridized carbons (Fsp3) is 0.400. The maximum atomic E-state index is 14.7. The quantitative estimate of drug-likeness (QED) is 0.328. The Balaban J connectivity index is 1.32. The lowest BCUT2D eigenvalue weighted by Gasteiger charge is -2.24. The van der Waals surface area contributed by atoms with E-state index in [1.54, 1.807) is 24.4 Å². The van der Waals surface area contributed by atoms with Crippen molar-refractivity contribution < 1.29 is 13.9 Å². The van der Waals surface area contributed by atoms with Crippen molar-refractivity contribution in [1.82, 2.24) is 29.6 Å². The normalized spacial score (nSPS) is 17.8. The fourth-order valence-corrected chi connectivity index (χ4v) is 5.58. The Hall–Kier alpha value is -4.09. The van der Waals surface area contributed by atoms with Crippen LogP contribution in [-0.4, -0.2) is 83.2 Å². The molecule has 0 radical (unpaired) electrons. The van der Waals surface area contributed by atoms with Gasteiger partial charge in [0.15, 0.2) is 5.82 Å². The zero-order chi connectivity index (χ0) is 28.3. The summed E-state index contributed by atoms with van der Waals surface area (Å²) in [7, 11) is 5.76. The summed E-state index contributed by atoms with van der Waals surface area (Å²) in [5.41, 5.74) is 3.38. The lowest BCUT2D eigenvalue weighted by molar-refractivity contribution is 0.0662. The average molecular weight is 559 g/mol. The molecular formula is C30H35FN8O2. The first-order chi connectivity index (χ1) is 20.0. The predicted octanol–water partition coefficient (Wildman–Crippen LogP) is 4.79. The highest BCUT2D eigenvalue weighted by molar-refractivity contribution is 5.80. The van der Waals surface area contributed by atoms with Crippen LogP contribution in [0.2, 0.25) is 0 Å². The zero-order valence-electron chi connectivity index (χ0n) is 23.6. The molecule has 214 valence electrons. The number of anilines is 3. The zero-order valence-corrected chi connectivity index (χ0v) is 23.6. The van der Waals surface area contributed by atoms with Gasteiger partial charge in [-0.1, -0.05) is 6.07 Å². The molecule has 2 aliphatic rings. The van der Waals surface area contributed by atoms with E-state index in [2.05, 4.69) is 56.1 Å². The summed E-state index contributed by atoms with van der Waals surface area (Å²) < 4.78 is 27.7. The molecule has 0 spiro atoms. The molecule has 3 aromatic heterocycles. The number of hydrogen-bond acceptors (Lipinski definition) is 9. The molecule has 6 rings (SSSR count). The summed E-state index contributed by atoms with van der Waals surface area (Å²) in [6, 6.07) is 9.27. The molecule has 0 saturated carbocycles. The molecule has 2 fully saturated rings. The molecule has 0 bridgehead atoms. The SMILES string of the molecule is COc1cccc(F)c1-c1nccc(Nc2cc(N3CCC(N(C)C)C3)c(-c3cnn(C4CCOCC4)c3)cn2)n1. The molecule has 1 unspecified atom stereocenters. The molecule has 0 aliphatic carbocycles. The molecule has 0 amide bonds. The van der Waals surface area contributed by atoms with E-state index in [1.807, 2.05) is 12.4 Å². The molecule has 41 heavy (non-hydrogen) atoms. The third-order valence-electron chi connectivity index (χ3n) is 7.92. The maximum Gasteiger partial charge on any atom is 0.168 e. The van der Waals surface area contributed by atoms with E-state index in [0.29, 0.717) is 29.5 Å². The Bertz CT molecular complexity index is 1500. The first-order valence-corrected chi connectivity index (χ1v) is 14.0. The van der Waals surface area contributed by atoms with Crippen molar-refractivity contribution >= 4 is 17.3 Å². The van der Waals surface area contributed by atoms with Gasteiger partial charge in [0.05, 0.1) is 24.9 Å². The van der Waals surface area contributed by atoms with Crippen LogP contribution in [-0.2, 0) is 4.74 Å². The standard InChI is InChI=1S/C30H35FN8O2/c1-37(2)22-8-12-38(19-22)25-15-28(33-17-23(25)20-16-34-39(18-20)21-9-13-41-14-10-21)35-27-7-11-32-30(36-27)29-24(31)5-4-6-26(29)40-3/h4-7,11,15-18,21-22H,8-10,12-14,19H2,1-3H3,(H,32,33,35,36). The summed E-state index contributed by atoms with van der Waals surface area (Å²) in [5, 5.41) is 8.02. The van der Waals surface area contributed by atoms with Crippen LogP contribution >= 0.6 is 0 Å². The number of ether oxygens (including phenoxy) is 2. The van der Waals surface area contributed by atoms with Crippen LogP contribution in [0.15, 0.2) is 55.1 Å². The summed E-state index contributed by atoms with van der Waals surface area (Å²) >= 11 is 0. The van der Waals surface area contributed by atoms with Gasteiger partial charge < -0.3 is 24.6 Å². The largest absolute Gasteiger partial charge is 0.496 e. The fourth-order valence-electron chi connectivity index (χ4n) is 5.58. The molecular weight excluding hydrogens is 523 g/mol. The van der Waals surface area contributed by atoms with Crippen LogP contribution in [0.25, 0.3) is 22.5 Å². The number of benzene rings is 1. The smallest absolute Gasteiger partial charge is 0.168 e. The van der Waals surface area contributed by atoms with E-state index in [0.717, 1.165) is 62.4 Å². The number of halogens is 1. The molecule has 5 heterocycles. The Morgan fingerprint density at radius 2 is 1.93 bits per heavy atom. The van der Waals surface area contributed by atoms with Gasteiger partial charge in [-0.05, 0) is 51.6 Å². The number of methoxy groups -OCH3 is 1. The summed E-state index contributed by atoms with van der Waals surface area (Å²) in [6.07, 6.45) is 10.6. The van der Waals surface area contributed by atoms with Crippen molar-refractivity contribution in [2.45, 2.75) is 31.3 Å². The minimum absolute atomic E-state index is 0.219. The highest BCUT2D eigenvalue weighted by Crippen LogP contribution is 2.36. The van der Waals surface area contributed by atoms with Crippen LogP contribution in [0.1, 0.15) is 25.3 Å². The van der Waals surface area contributed by atoms with Crippen molar-refractivity contribution in [3.63, 3.8) is 0 Å². The van der Waals surface area contributed by atoms with E-state index in [-0.39, 0.29) is 11.4 Å². The van der Waals surface area contributed by atoms with Gasteiger partial charge in [-0.25, -0.2) is 19.3 Å². The van der Waals surface area contributed by atoms with Gasteiger partial charge in [-0.15, -0.1) is 0 Å². The summed E-state index contributed by atoms with van der Waals surface area (Å²) in [6.45, 7) is 3.39. The van der Waals surface area contributed by atoms with E-state index in [1.165, 1.54) is 13.2 Å². The number of rotatable bonds is 8. The maximum absolute atomic E-state index is 14.7. The lowest BCUT2D eigenvalue weighted by atomic mass is 10.1. The molecule has 2 aliphatic heterocycles. The van der Waals surface area contributed by atoms with E-state index in [4.69, 9.17) is 19.6 Å². The molecule has 1 atom stereocenters. The first-order valence-electron chi connectivity index (χ1n) is 14.0. The number of likely N-dealkylation sites (N-methyl/N-ethyl adjacent to an activating group) is 1. The lowest BCUT2D eigenvalue weighted by Crippen LogP contribution is -2.31. The van der Waals surface area contributed by atoms with Crippen molar-refractivity contribution in [3.8, 4) is 28.3 Å². The van der Waals surface area contributed by atoms with Crippen LogP contribution in [0.4, 0.5) is 21.7 Å². The van der Waals surface area contributed by atoms with Gasteiger partial charge in [-0.2, -0.15) is 5.10 Å². The van der Waals surface area contributed by atoms with Crippen LogP contribution in [0.5, 0.6) is 5.75 Å². The third-order valence-corrected chi connectivity index (χ3v) is 7.92. The first kappa shape index (κ1) is 27.1. The Morgan fingerprint density at radius 3 is 2.71 bits per heavy atom. The summed E-state index contributed by atoms with van der Waals surface area (Å²) in [5.74, 6) is 1.30. The predicted molar refractivity (Wildman–Crippen MR) is 156 cm³/mol. The van der Waals surface area contributed by atoms with Gasteiger partial charge >= 0.3 is 0 Å². The highest BCUT2D eigenvalue weighted by Gasteiger charge is 2.27. The number of hydrogen-bond donors (Lipinski definition) is 1. The second-order valence-corrected chi connectivity index (χ2v) is 10.7. The van der Waals surface area contributed by atoms with E-state index >= 15 is 0 Å². The molecule has 4 aromatic rings. The molecule has 10 nitrogen and oxygen atoms in total. The average Bonchev–Trinajstić information content (AvgIpc) is 3.69. The number of pyridine rings is 1. The second kappa shape index (κ2) is 11.8. The summed E-state index contributed by atoms with van der Waals surface area (Å²) in [4.78, 5) is 18.3. The highest BCUT2D eigenvalue weighted by atomic mass is 19.1. The van der Waals surface area contributed by atoms with Crippen molar-refractivity contribution in [2.75, 3.05) is 57.7 Å². The third kappa shape index (κ3) is 5.73. The van der Waals surface area contributed by atoms with Gasteiger partial charge in [0.25, 0.3) is 0 Å². The minimum Gasteiger partial charge on any atom is -0.496 e. The second-order valence-electron chi connectivity index (χ2n) is 10.7. The Labute approximate surface area is 239 Å². The van der Waals surface area contributed by atoms with Crippen molar-refractivity contribution in [1.29, 1.82) is 0 Å². The Kier molecular flexibility index (Phi) is 7.80. The number of nitrogens with one attached hydrogen (secondary N) is 1. The molecule has 2 saturated heterocycles. The topological polar surface area (TPSA) is 93.5 Å². The van der Waals surface area contributed by atoms with Crippen molar-refractivity contribution in [3.05, 3.63) is 60.9 Å². The molecule has 1 aromatic carbocycles. The minimum atomic E-state index is -0.447. The van der Waals surface area contributed by atoms with Crippen LogP contribution < -0.4 is 15.0 Å². The molecule has 11 heteroatoms. The van der Waals surface area contributed by atoms with E-state index in [9.17, 15) is 4.39 Å². The van der Waals surface area contributed by atoms with Gasteiger partial charge in [0.1, 0.15) is 23.2 Å². The van der Waals surface area contributed by atoms with Crippen molar-refractivity contribution in [2.24, 2.45) is 0 Å². The number of aromatic nitrogens is 5. The monoisotopic (exact) mass is 558 g/mol. The van der Waals surface area contributed by atoms with E-state index < -0.39 is 5.82 Å². The Morgan fingerprint density at radius 1 is 1.07 bits per heavy atom. The molecule has 1 N–H and O–H groups in total. The van der Waals surface area contributed by atoms with Gasteiger partial charge in [-0.3, -0.25) is 4.68 Å². The van der Waals surface area contributed by atoms with Crippen LogP contribution in [0, 0.1) is 5.82 Å². The van der Waals surface area contributed by atoms with Gasteiger partial charge in [0, 0.05) is 73.8 Å². The van der Waals surface area contributed by atoms with Gasteiger partial charge in [0.2, 0.25) is 0 Å². The van der Waals surface area contributed by atoms with Crippen LogP contribution in [0.3, 0.4) is 0 Å². The number of nitrogens with zero attached hydrogens (tertiary/aromatic N) is 7.